The summed E-state index contributed by atoms with van der Waals surface area (Å²) in [7, 11) is -2.07. The van der Waals surface area contributed by atoms with Gasteiger partial charge in [-0.3, -0.25) is 4.68 Å². The Kier molecular flexibility index (Phi) is 3.85. The van der Waals surface area contributed by atoms with Crippen LogP contribution in [-0.2, 0) is 17.1 Å². The van der Waals surface area contributed by atoms with E-state index < -0.39 is 10.0 Å². The van der Waals surface area contributed by atoms with Crippen LogP contribution in [0.25, 0.3) is 0 Å². The van der Waals surface area contributed by atoms with Gasteiger partial charge in [-0.25, -0.2) is 13.1 Å². The standard InChI is InChI=1S/C7H13N5O3S/c1-12-7(3-4-9-12)16(14,15)10-5-2-6(8)11-13/h3-4,10,13H,2,5H2,1H3,(H2,8,11). The fraction of sp³-hybridized carbons (Fsp3) is 0.429. The second-order valence-electron chi connectivity index (χ2n) is 3.03. The average Bonchev–Trinajstić information content (AvgIpc) is 2.64. The molecule has 0 aliphatic rings. The molecule has 0 saturated heterocycles. The molecule has 0 fully saturated rings. The Balaban J connectivity index is 2.64. The van der Waals surface area contributed by atoms with Gasteiger partial charge in [0.1, 0.15) is 5.84 Å². The number of rotatable bonds is 5. The van der Waals surface area contributed by atoms with Gasteiger partial charge in [0.15, 0.2) is 5.03 Å². The van der Waals surface area contributed by atoms with E-state index in [4.69, 9.17) is 10.9 Å². The summed E-state index contributed by atoms with van der Waals surface area (Å²) in [6, 6.07) is 1.38. The van der Waals surface area contributed by atoms with Gasteiger partial charge < -0.3 is 10.9 Å². The molecule has 0 bridgehead atoms. The Bertz CT molecular complexity index is 478. The smallest absolute Gasteiger partial charge is 0.257 e. The largest absolute Gasteiger partial charge is 0.409 e. The van der Waals surface area contributed by atoms with E-state index in [9.17, 15) is 8.42 Å². The molecule has 0 spiro atoms. The van der Waals surface area contributed by atoms with Crippen LogP contribution in [0, 0.1) is 0 Å². The molecule has 8 nitrogen and oxygen atoms in total. The first-order chi connectivity index (χ1) is 7.47. The third-order valence-electron chi connectivity index (χ3n) is 1.85. The van der Waals surface area contributed by atoms with Crippen LogP contribution in [-0.4, -0.2) is 35.8 Å². The van der Waals surface area contributed by atoms with Gasteiger partial charge >= 0.3 is 0 Å². The molecule has 0 amide bonds. The van der Waals surface area contributed by atoms with Crippen molar-refractivity contribution in [3.05, 3.63) is 12.3 Å². The van der Waals surface area contributed by atoms with Crippen LogP contribution in [0.2, 0.25) is 0 Å². The maximum Gasteiger partial charge on any atom is 0.257 e. The number of nitrogens with one attached hydrogen (secondary N) is 1. The first-order valence-corrected chi connectivity index (χ1v) is 5.90. The minimum absolute atomic E-state index is 0.0345. The van der Waals surface area contributed by atoms with Gasteiger partial charge in [0, 0.05) is 20.0 Å². The molecule has 1 rings (SSSR count). The minimum atomic E-state index is -3.59. The number of nitrogens with zero attached hydrogens (tertiary/aromatic N) is 3. The molecule has 16 heavy (non-hydrogen) atoms. The minimum Gasteiger partial charge on any atom is -0.409 e. The van der Waals surface area contributed by atoms with Gasteiger partial charge in [0.2, 0.25) is 0 Å². The Hall–Kier alpha value is -1.61. The number of hydrogen-bond acceptors (Lipinski definition) is 5. The molecule has 1 aromatic heterocycles. The van der Waals surface area contributed by atoms with Crippen molar-refractivity contribution in [2.45, 2.75) is 11.4 Å². The van der Waals surface area contributed by atoms with Crippen molar-refractivity contribution in [1.82, 2.24) is 14.5 Å². The normalized spacial score (nSPS) is 12.9. The molecule has 0 radical (unpaired) electrons. The zero-order valence-electron chi connectivity index (χ0n) is 8.66. The van der Waals surface area contributed by atoms with Gasteiger partial charge in [-0.1, -0.05) is 5.16 Å². The van der Waals surface area contributed by atoms with Crippen molar-refractivity contribution in [3.63, 3.8) is 0 Å². The third kappa shape index (κ3) is 2.94. The highest BCUT2D eigenvalue weighted by molar-refractivity contribution is 7.89. The van der Waals surface area contributed by atoms with Crippen LogP contribution in [0.4, 0.5) is 0 Å². The molecule has 90 valence electrons. The lowest BCUT2D eigenvalue weighted by Crippen LogP contribution is -2.29. The number of aromatic nitrogens is 2. The average molecular weight is 247 g/mol. The van der Waals surface area contributed by atoms with Crippen molar-refractivity contribution < 1.29 is 13.6 Å². The maximum atomic E-state index is 11.7. The molecule has 9 heteroatoms. The lowest BCUT2D eigenvalue weighted by atomic mass is 10.4. The zero-order chi connectivity index (χ0) is 12.2. The maximum absolute atomic E-state index is 11.7. The highest BCUT2D eigenvalue weighted by atomic mass is 32.2. The Morgan fingerprint density at radius 3 is 2.94 bits per heavy atom. The second kappa shape index (κ2) is 4.94. The van der Waals surface area contributed by atoms with E-state index in [0.717, 1.165) is 0 Å². The van der Waals surface area contributed by atoms with Gasteiger partial charge in [-0.05, 0) is 6.07 Å². The van der Waals surface area contributed by atoms with E-state index >= 15 is 0 Å². The van der Waals surface area contributed by atoms with E-state index in [1.54, 1.807) is 0 Å². The summed E-state index contributed by atoms with van der Waals surface area (Å²) in [5, 5.41) is 14.8. The Labute approximate surface area is 92.8 Å². The van der Waals surface area contributed by atoms with Crippen molar-refractivity contribution >= 4 is 15.9 Å². The third-order valence-corrected chi connectivity index (χ3v) is 3.39. The number of hydrogen-bond donors (Lipinski definition) is 3. The SMILES string of the molecule is Cn1nccc1S(=O)(=O)NCC/C(N)=N/O. The van der Waals surface area contributed by atoms with Gasteiger partial charge in [0.05, 0.1) is 6.20 Å². The van der Waals surface area contributed by atoms with Crippen LogP contribution in [0.3, 0.4) is 0 Å². The van der Waals surface area contributed by atoms with Crippen LogP contribution < -0.4 is 10.5 Å². The summed E-state index contributed by atoms with van der Waals surface area (Å²) in [5.41, 5.74) is 5.20. The molecular formula is C7H13N5O3S. The van der Waals surface area contributed by atoms with Crippen LogP contribution in [0.5, 0.6) is 0 Å². The molecule has 0 aromatic carbocycles. The van der Waals surface area contributed by atoms with E-state index in [-0.39, 0.29) is 23.8 Å². The quantitative estimate of drug-likeness (QED) is 0.262. The molecule has 1 heterocycles. The molecule has 1 aromatic rings. The molecular weight excluding hydrogens is 234 g/mol. The van der Waals surface area contributed by atoms with E-state index in [0.29, 0.717) is 0 Å². The first-order valence-electron chi connectivity index (χ1n) is 4.41. The number of nitrogens with two attached hydrogens (primary N) is 1. The highest BCUT2D eigenvalue weighted by Crippen LogP contribution is 2.05. The predicted molar refractivity (Wildman–Crippen MR) is 56.4 cm³/mol. The van der Waals surface area contributed by atoms with Crippen LogP contribution in [0.1, 0.15) is 6.42 Å². The molecule has 0 saturated carbocycles. The molecule has 0 aliphatic heterocycles. The molecule has 0 atom stereocenters. The summed E-state index contributed by atoms with van der Waals surface area (Å²) in [5.74, 6) is -0.0345. The Morgan fingerprint density at radius 2 is 2.44 bits per heavy atom. The molecule has 0 unspecified atom stereocenters. The predicted octanol–water partition coefficient (Wildman–Crippen LogP) is -1.17. The van der Waals surface area contributed by atoms with Crippen molar-refractivity contribution in [2.75, 3.05) is 6.54 Å². The van der Waals surface area contributed by atoms with Gasteiger partial charge in [0.25, 0.3) is 10.0 Å². The van der Waals surface area contributed by atoms with Gasteiger partial charge in [-0.2, -0.15) is 5.10 Å². The number of sulfonamides is 1. The van der Waals surface area contributed by atoms with E-state index in [1.165, 1.54) is 24.0 Å². The number of aryl methyl sites for hydroxylation is 1. The summed E-state index contributed by atoms with van der Waals surface area (Å²) in [6.45, 7) is 0.0589. The summed E-state index contributed by atoms with van der Waals surface area (Å²) < 4.78 is 26.9. The topological polar surface area (TPSA) is 123 Å². The fourth-order valence-electron chi connectivity index (χ4n) is 1.06. The summed E-state index contributed by atoms with van der Waals surface area (Å²) in [4.78, 5) is 0. The number of oxime groups is 1. The van der Waals surface area contributed by atoms with Crippen molar-refractivity contribution in [3.8, 4) is 0 Å². The van der Waals surface area contributed by atoms with Crippen LogP contribution in [0.15, 0.2) is 22.4 Å². The first kappa shape index (κ1) is 12.5. The lowest BCUT2D eigenvalue weighted by Gasteiger charge is -2.05. The summed E-state index contributed by atoms with van der Waals surface area (Å²) >= 11 is 0. The lowest BCUT2D eigenvalue weighted by molar-refractivity contribution is 0.317. The monoisotopic (exact) mass is 247 g/mol. The van der Waals surface area contributed by atoms with Crippen molar-refractivity contribution in [2.24, 2.45) is 17.9 Å². The molecule has 0 aliphatic carbocycles. The molecule has 4 N–H and O–H groups in total. The highest BCUT2D eigenvalue weighted by Gasteiger charge is 2.16. The van der Waals surface area contributed by atoms with Gasteiger partial charge in [-0.15, -0.1) is 0 Å². The zero-order valence-corrected chi connectivity index (χ0v) is 9.48. The van der Waals surface area contributed by atoms with Crippen LogP contribution >= 0.6 is 0 Å². The Morgan fingerprint density at radius 1 is 1.75 bits per heavy atom. The van der Waals surface area contributed by atoms with E-state index in [1.807, 2.05) is 0 Å². The second-order valence-corrected chi connectivity index (χ2v) is 4.75. The number of amidine groups is 1. The fourth-order valence-corrected chi connectivity index (χ4v) is 2.22. The van der Waals surface area contributed by atoms with E-state index in [2.05, 4.69) is 15.0 Å². The van der Waals surface area contributed by atoms with Crippen molar-refractivity contribution in [1.29, 1.82) is 0 Å². The summed E-state index contributed by atoms with van der Waals surface area (Å²) in [6.07, 6.45) is 1.52.